The smallest absolute Gasteiger partial charge is 0.407 e. The Labute approximate surface area is 352 Å². The molecule has 3 N–H and O–H groups in total. The summed E-state index contributed by atoms with van der Waals surface area (Å²) in [5.74, 6) is -1.08. The maximum absolute atomic E-state index is 13.0. The number of carbonyl (C=O) groups excluding carboxylic acids is 3. The summed E-state index contributed by atoms with van der Waals surface area (Å²) in [5, 5.41) is 8.87. The van der Waals surface area contributed by atoms with Gasteiger partial charge in [-0.1, -0.05) is 48.5 Å². The van der Waals surface area contributed by atoms with Gasteiger partial charge in [-0.15, -0.1) is 0 Å². The van der Waals surface area contributed by atoms with E-state index in [4.69, 9.17) is 52.9 Å². The molecule has 2 aromatic carbocycles. The number of ether oxygens (including phenoxy) is 10. The Balaban J connectivity index is 1.13. The van der Waals surface area contributed by atoms with Crippen molar-refractivity contribution >= 4 is 18.0 Å². The van der Waals surface area contributed by atoms with Crippen molar-refractivity contribution in [2.24, 2.45) is 5.11 Å². The van der Waals surface area contributed by atoms with Crippen molar-refractivity contribution in [3.63, 3.8) is 0 Å². The van der Waals surface area contributed by atoms with Gasteiger partial charge in [-0.05, 0) is 49.4 Å². The molecule has 0 bridgehead atoms. The number of fused-ring (bicyclic) bond motifs is 3. The highest BCUT2D eigenvalue weighted by atomic mass is 16.6. The van der Waals surface area contributed by atoms with E-state index in [9.17, 15) is 14.4 Å². The fourth-order valence-electron chi connectivity index (χ4n) is 5.83. The first-order chi connectivity index (χ1) is 29.2. The monoisotopic (exact) mass is 846 g/mol. The summed E-state index contributed by atoms with van der Waals surface area (Å²) in [4.78, 5) is 41.4. The van der Waals surface area contributed by atoms with Crippen LogP contribution in [0.1, 0.15) is 50.7 Å². The van der Waals surface area contributed by atoms with Crippen molar-refractivity contribution in [1.29, 1.82) is 5.53 Å². The molecule has 2 amide bonds. The van der Waals surface area contributed by atoms with Gasteiger partial charge in [0.2, 0.25) is 10.8 Å². The van der Waals surface area contributed by atoms with Crippen LogP contribution in [0.15, 0.2) is 53.6 Å². The number of hydrogen-bond donors (Lipinski definition) is 3. The second kappa shape index (κ2) is 30.6. The van der Waals surface area contributed by atoms with Crippen LogP contribution < -0.4 is 15.5 Å². The van der Waals surface area contributed by atoms with Crippen LogP contribution >= 0.6 is 0 Å². The Morgan fingerprint density at radius 2 is 1.10 bits per heavy atom. The Hall–Kier alpha value is -4.36. The lowest BCUT2D eigenvalue weighted by Gasteiger charge is -2.24. The van der Waals surface area contributed by atoms with E-state index in [0.29, 0.717) is 106 Å². The summed E-state index contributed by atoms with van der Waals surface area (Å²) in [7, 11) is 0. The van der Waals surface area contributed by atoms with E-state index in [2.05, 4.69) is 32.8 Å². The zero-order valence-corrected chi connectivity index (χ0v) is 35.3. The summed E-state index contributed by atoms with van der Waals surface area (Å²) in [5.41, 5.74) is 10.1. The number of esters is 1. The van der Waals surface area contributed by atoms with E-state index in [0.717, 1.165) is 22.3 Å². The topological polar surface area (TPSA) is 218 Å². The molecule has 1 aliphatic carbocycles. The lowest BCUT2D eigenvalue weighted by molar-refractivity contribution is -0.157. The molecule has 334 valence electrons. The molecule has 60 heavy (non-hydrogen) atoms. The van der Waals surface area contributed by atoms with Gasteiger partial charge in [0.25, 0.3) is 0 Å². The summed E-state index contributed by atoms with van der Waals surface area (Å²) < 4.78 is 54.7. The molecule has 0 aliphatic heterocycles. The lowest BCUT2D eigenvalue weighted by Crippen LogP contribution is -2.45. The predicted molar refractivity (Wildman–Crippen MR) is 219 cm³/mol. The number of amides is 2. The summed E-state index contributed by atoms with van der Waals surface area (Å²) in [6, 6.07) is 15.0. The molecule has 0 spiro atoms. The van der Waals surface area contributed by atoms with E-state index in [-0.39, 0.29) is 44.4 Å². The molecule has 3 rings (SSSR count). The second-order valence-electron chi connectivity index (χ2n) is 14.3. The van der Waals surface area contributed by atoms with Gasteiger partial charge in [-0.25, -0.2) is 9.59 Å². The van der Waals surface area contributed by atoms with Gasteiger partial charge in [-0.2, -0.15) is 0 Å². The summed E-state index contributed by atoms with van der Waals surface area (Å²) >= 11 is 0. The number of benzene rings is 2. The first kappa shape index (κ1) is 50.0. The van der Waals surface area contributed by atoms with Crippen LogP contribution in [0.5, 0.6) is 0 Å². The fraction of sp³-hybridized carbons (Fsp3) is 0.643. The van der Waals surface area contributed by atoms with Crippen LogP contribution in [0, 0.1) is 5.53 Å². The molecule has 0 saturated heterocycles. The molecular formula is C42H64N5O13+. The predicted octanol–water partition coefficient (Wildman–Crippen LogP) is 3.81. The molecular weight excluding hydrogens is 782 g/mol. The molecule has 0 saturated carbocycles. The Bertz CT molecular complexity index is 1530. The van der Waals surface area contributed by atoms with Gasteiger partial charge in [0.15, 0.2) is 0 Å². The maximum Gasteiger partial charge on any atom is 0.407 e. The molecule has 1 aliphatic rings. The van der Waals surface area contributed by atoms with E-state index in [1.807, 2.05) is 36.4 Å². The molecule has 18 heteroatoms. The minimum atomic E-state index is -1.08. The Kier molecular flexibility index (Phi) is 25.5. The van der Waals surface area contributed by atoms with E-state index in [1.54, 1.807) is 20.8 Å². The van der Waals surface area contributed by atoms with Crippen molar-refractivity contribution in [3.05, 3.63) is 59.7 Å². The molecule has 0 unspecified atom stereocenters. The zero-order valence-electron chi connectivity index (χ0n) is 35.3. The van der Waals surface area contributed by atoms with Crippen LogP contribution in [0.3, 0.4) is 0 Å². The van der Waals surface area contributed by atoms with Crippen LogP contribution in [0.2, 0.25) is 0 Å². The van der Waals surface area contributed by atoms with Crippen molar-refractivity contribution in [2.75, 3.05) is 125 Å². The maximum atomic E-state index is 13.0. The first-order valence-electron chi connectivity index (χ1n) is 20.5. The lowest BCUT2D eigenvalue weighted by atomic mass is 9.98. The minimum absolute atomic E-state index is 0.0219. The van der Waals surface area contributed by atoms with Gasteiger partial charge >= 0.3 is 12.1 Å². The minimum Gasteiger partial charge on any atom is -0.458 e. The van der Waals surface area contributed by atoms with E-state index < -0.39 is 23.7 Å². The van der Waals surface area contributed by atoms with Gasteiger partial charge in [0, 0.05) is 18.9 Å². The fourth-order valence-corrected chi connectivity index (χ4v) is 5.83. The average molecular weight is 847 g/mol. The van der Waals surface area contributed by atoms with Crippen LogP contribution in [0.4, 0.5) is 4.79 Å². The third kappa shape index (κ3) is 21.8. The van der Waals surface area contributed by atoms with Gasteiger partial charge in [-0.3, -0.25) is 4.79 Å². The zero-order chi connectivity index (χ0) is 43.1. The average Bonchev–Trinajstić information content (AvgIpc) is 3.55. The molecule has 0 heterocycles. The molecule has 18 nitrogen and oxygen atoms in total. The van der Waals surface area contributed by atoms with Crippen LogP contribution in [-0.2, 0) is 57.0 Å². The van der Waals surface area contributed by atoms with Crippen molar-refractivity contribution in [3.8, 4) is 11.1 Å². The summed E-state index contributed by atoms with van der Waals surface area (Å²) in [6.45, 7) is 12.8. The summed E-state index contributed by atoms with van der Waals surface area (Å²) in [6.07, 6.45) is -0.756. The number of nitrogens with one attached hydrogen (secondary N) is 3. The standard InChI is InChI=1S/C42H63N5O13/c1-42(2,3)60-40(49)38(46-41(50)59-32-37-35-10-6-4-8-33(35)34-9-5-7-11-36(34)37)12-13-39(48)44-14-16-51-18-20-53-22-24-55-26-28-57-30-31-58-29-27-56-25-23-54-21-19-52-17-15-45-47-43/h4-11,37-38,43H,12-32H2,1-3H3,(H-,44,46,48,50)/p+1/t38-/m0/s1. The Morgan fingerprint density at radius 3 is 1.55 bits per heavy atom. The number of rotatable bonds is 34. The molecule has 0 radical (unpaired) electrons. The molecule has 0 aromatic heterocycles. The molecule has 0 fully saturated rings. The van der Waals surface area contributed by atoms with Crippen LogP contribution in [-0.4, -0.2) is 155 Å². The first-order valence-corrected chi connectivity index (χ1v) is 20.5. The second-order valence-corrected chi connectivity index (χ2v) is 14.3. The third-order valence-electron chi connectivity index (χ3n) is 8.57. The van der Waals surface area contributed by atoms with Gasteiger partial charge in [0.05, 0.1) is 106 Å². The highest BCUT2D eigenvalue weighted by molar-refractivity contribution is 5.83. The van der Waals surface area contributed by atoms with Gasteiger partial charge in [0.1, 0.15) is 35.4 Å². The van der Waals surface area contributed by atoms with Crippen LogP contribution in [0.25, 0.3) is 11.1 Å². The van der Waals surface area contributed by atoms with Crippen molar-refractivity contribution in [2.45, 2.75) is 51.2 Å². The van der Waals surface area contributed by atoms with Gasteiger partial charge < -0.3 is 58.0 Å². The molecule has 2 aromatic rings. The number of hydrogen-bond acceptors (Lipinski definition) is 15. The SMILES string of the molecule is CC(C)(C)OC(=O)[C@H](CCC(=O)NCCOCCOCCOCCOCCOCCOCCOCCOCCN=[N+]=N)NC(=O)OCC1c2ccccc2-c2ccccc21. The van der Waals surface area contributed by atoms with Crippen molar-refractivity contribution in [1.82, 2.24) is 15.5 Å². The van der Waals surface area contributed by atoms with E-state index >= 15 is 0 Å². The van der Waals surface area contributed by atoms with Crippen molar-refractivity contribution < 1.29 is 61.8 Å². The normalized spacial score (nSPS) is 12.6. The number of alkyl carbamates (subject to hydrolysis) is 1. The number of nitrogens with zero attached hydrogens (tertiary/aromatic N) is 2. The van der Waals surface area contributed by atoms with E-state index in [1.165, 1.54) is 0 Å². The highest BCUT2D eigenvalue weighted by Crippen LogP contribution is 2.44. The largest absolute Gasteiger partial charge is 0.458 e. The molecule has 1 atom stereocenters. The number of carbonyl (C=O) groups is 3. The Morgan fingerprint density at radius 1 is 0.667 bits per heavy atom. The third-order valence-corrected chi connectivity index (χ3v) is 8.57. The quantitative estimate of drug-likeness (QED) is 0.0396. The highest BCUT2D eigenvalue weighted by Gasteiger charge is 2.31.